The van der Waals surface area contributed by atoms with Gasteiger partial charge in [-0.05, 0) is 33.6 Å². The summed E-state index contributed by atoms with van der Waals surface area (Å²) in [6.07, 6.45) is 2.41. The summed E-state index contributed by atoms with van der Waals surface area (Å²) < 4.78 is 7.18. The fraction of sp³-hybridized carbons (Fsp3) is 0.500. The number of hydrogen-bond acceptors (Lipinski definition) is 5. The SMILES string of the molecule is Cc1cc(NC(=O)CSc2nc(C)c(C)n2C2CC2)no1. The molecule has 21 heavy (non-hydrogen) atoms. The molecular formula is C14H18N4O2S. The van der Waals surface area contributed by atoms with E-state index in [2.05, 4.69) is 26.9 Å². The second-order valence-corrected chi connectivity index (χ2v) is 6.27. The average Bonchev–Trinajstić information content (AvgIpc) is 3.12. The lowest BCUT2D eigenvalue weighted by molar-refractivity contribution is -0.113. The van der Waals surface area contributed by atoms with Gasteiger partial charge in [0.1, 0.15) is 5.76 Å². The molecule has 0 atom stereocenters. The summed E-state index contributed by atoms with van der Waals surface area (Å²) in [5, 5.41) is 7.39. The Bertz CT molecular complexity index is 673. The predicted octanol–water partition coefficient (Wildman–Crippen LogP) is 2.86. The number of thioether (sulfide) groups is 1. The highest BCUT2D eigenvalue weighted by Gasteiger charge is 2.28. The summed E-state index contributed by atoms with van der Waals surface area (Å²) in [5.74, 6) is 1.34. The number of rotatable bonds is 5. The molecule has 2 aromatic heterocycles. The molecule has 3 rings (SSSR count). The lowest BCUT2D eigenvalue weighted by atomic mass is 10.4. The standard InChI is InChI=1S/C14H18N4O2S/c1-8-6-12(17-20-8)16-13(19)7-21-14-15-9(2)10(3)18(14)11-4-5-11/h6,11H,4-5,7H2,1-3H3,(H,16,17,19). The molecule has 6 nitrogen and oxygen atoms in total. The number of imidazole rings is 1. The van der Waals surface area contributed by atoms with E-state index in [-0.39, 0.29) is 5.91 Å². The van der Waals surface area contributed by atoms with E-state index in [0.717, 1.165) is 10.9 Å². The zero-order valence-corrected chi connectivity index (χ0v) is 13.2. The Labute approximate surface area is 127 Å². The van der Waals surface area contributed by atoms with Crippen LogP contribution in [0.1, 0.15) is 36.0 Å². The first-order valence-electron chi connectivity index (χ1n) is 6.96. The molecule has 2 aromatic rings. The van der Waals surface area contributed by atoms with Crippen LogP contribution in [-0.4, -0.2) is 26.4 Å². The fourth-order valence-corrected chi connectivity index (χ4v) is 3.15. The fourth-order valence-electron chi connectivity index (χ4n) is 2.19. The minimum atomic E-state index is -0.103. The van der Waals surface area contributed by atoms with Gasteiger partial charge in [0, 0.05) is 17.8 Å². The number of hydrogen-bond donors (Lipinski definition) is 1. The third kappa shape index (κ3) is 3.12. The zero-order valence-electron chi connectivity index (χ0n) is 12.3. The second-order valence-electron chi connectivity index (χ2n) is 5.33. The first-order chi connectivity index (χ1) is 10.0. The van der Waals surface area contributed by atoms with Crippen molar-refractivity contribution in [1.29, 1.82) is 0 Å². The van der Waals surface area contributed by atoms with Gasteiger partial charge in [-0.1, -0.05) is 16.9 Å². The lowest BCUT2D eigenvalue weighted by Crippen LogP contribution is -2.14. The second kappa shape index (κ2) is 5.55. The Morgan fingerprint density at radius 2 is 2.24 bits per heavy atom. The number of aromatic nitrogens is 3. The van der Waals surface area contributed by atoms with Crippen LogP contribution in [0.4, 0.5) is 5.82 Å². The van der Waals surface area contributed by atoms with Crippen molar-refractivity contribution < 1.29 is 9.32 Å². The van der Waals surface area contributed by atoms with Crippen LogP contribution in [0.25, 0.3) is 0 Å². The molecule has 0 spiro atoms. The van der Waals surface area contributed by atoms with Gasteiger partial charge in [-0.3, -0.25) is 4.79 Å². The monoisotopic (exact) mass is 306 g/mol. The molecule has 0 aromatic carbocycles. The van der Waals surface area contributed by atoms with Crippen LogP contribution in [0.2, 0.25) is 0 Å². The normalized spacial score (nSPS) is 14.4. The van der Waals surface area contributed by atoms with Gasteiger partial charge in [0.25, 0.3) is 0 Å². The molecule has 2 heterocycles. The highest BCUT2D eigenvalue weighted by atomic mass is 32.2. The minimum Gasteiger partial charge on any atom is -0.360 e. The summed E-state index contributed by atoms with van der Waals surface area (Å²) >= 11 is 1.47. The number of carbonyl (C=O) groups excluding carboxylic acids is 1. The summed E-state index contributed by atoms with van der Waals surface area (Å²) in [6, 6.07) is 2.26. The van der Waals surface area contributed by atoms with Gasteiger partial charge >= 0.3 is 0 Å². The highest BCUT2D eigenvalue weighted by molar-refractivity contribution is 7.99. The Morgan fingerprint density at radius 3 is 2.86 bits per heavy atom. The third-order valence-electron chi connectivity index (χ3n) is 3.49. The van der Waals surface area contributed by atoms with Gasteiger partial charge < -0.3 is 14.4 Å². The van der Waals surface area contributed by atoms with Crippen molar-refractivity contribution in [2.24, 2.45) is 0 Å². The van der Waals surface area contributed by atoms with Crippen molar-refractivity contribution in [3.8, 4) is 0 Å². The van der Waals surface area contributed by atoms with E-state index in [4.69, 9.17) is 4.52 Å². The maximum Gasteiger partial charge on any atom is 0.236 e. The number of amides is 1. The van der Waals surface area contributed by atoms with E-state index in [1.807, 2.05) is 6.92 Å². The van der Waals surface area contributed by atoms with E-state index in [1.165, 1.54) is 30.3 Å². The van der Waals surface area contributed by atoms with Gasteiger partial charge in [0.2, 0.25) is 5.91 Å². The molecule has 1 fully saturated rings. The van der Waals surface area contributed by atoms with Crippen molar-refractivity contribution in [2.45, 2.75) is 44.8 Å². The summed E-state index contributed by atoms with van der Waals surface area (Å²) in [5.41, 5.74) is 2.24. The molecular weight excluding hydrogens is 288 g/mol. The quantitative estimate of drug-likeness (QED) is 0.860. The first kappa shape index (κ1) is 14.2. The van der Waals surface area contributed by atoms with Crippen LogP contribution >= 0.6 is 11.8 Å². The zero-order chi connectivity index (χ0) is 15.0. The molecule has 1 aliphatic carbocycles. The van der Waals surface area contributed by atoms with Crippen molar-refractivity contribution in [2.75, 3.05) is 11.1 Å². The number of anilines is 1. The molecule has 0 aliphatic heterocycles. The molecule has 1 aliphatic rings. The third-order valence-corrected chi connectivity index (χ3v) is 4.45. The van der Waals surface area contributed by atoms with Gasteiger partial charge in [-0.2, -0.15) is 0 Å². The number of carbonyl (C=O) groups is 1. The topological polar surface area (TPSA) is 73.0 Å². The number of nitrogens with zero attached hydrogens (tertiary/aromatic N) is 3. The minimum absolute atomic E-state index is 0.103. The summed E-state index contributed by atoms with van der Waals surface area (Å²) in [6.45, 7) is 5.88. The predicted molar refractivity (Wildman–Crippen MR) is 80.6 cm³/mol. The molecule has 0 bridgehead atoms. The van der Waals surface area contributed by atoms with Crippen LogP contribution in [0, 0.1) is 20.8 Å². The lowest BCUT2D eigenvalue weighted by Gasteiger charge is -2.07. The Morgan fingerprint density at radius 1 is 1.48 bits per heavy atom. The van der Waals surface area contributed by atoms with E-state index in [1.54, 1.807) is 13.0 Å². The molecule has 1 N–H and O–H groups in total. The van der Waals surface area contributed by atoms with Crippen LogP contribution < -0.4 is 5.32 Å². The number of nitrogens with one attached hydrogen (secondary N) is 1. The molecule has 1 amide bonds. The van der Waals surface area contributed by atoms with Gasteiger partial charge in [0.15, 0.2) is 11.0 Å². The van der Waals surface area contributed by atoms with E-state index >= 15 is 0 Å². The Hall–Kier alpha value is -1.76. The molecule has 0 unspecified atom stereocenters. The van der Waals surface area contributed by atoms with Crippen molar-refractivity contribution >= 4 is 23.5 Å². The molecule has 7 heteroatoms. The Kier molecular flexibility index (Phi) is 3.75. The summed E-state index contributed by atoms with van der Waals surface area (Å²) in [7, 11) is 0. The first-order valence-corrected chi connectivity index (χ1v) is 7.94. The summed E-state index contributed by atoms with van der Waals surface area (Å²) in [4.78, 5) is 16.5. The van der Waals surface area contributed by atoms with Crippen LogP contribution in [0.15, 0.2) is 15.7 Å². The number of aryl methyl sites for hydroxylation is 2. The van der Waals surface area contributed by atoms with E-state index in [0.29, 0.717) is 23.4 Å². The van der Waals surface area contributed by atoms with Crippen molar-refractivity contribution in [1.82, 2.24) is 14.7 Å². The van der Waals surface area contributed by atoms with Crippen molar-refractivity contribution in [3.63, 3.8) is 0 Å². The van der Waals surface area contributed by atoms with Crippen molar-refractivity contribution in [3.05, 3.63) is 23.2 Å². The molecule has 112 valence electrons. The average molecular weight is 306 g/mol. The Balaban J connectivity index is 1.62. The molecule has 0 radical (unpaired) electrons. The van der Waals surface area contributed by atoms with Gasteiger partial charge in [0.05, 0.1) is 11.4 Å². The van der Waals surface area contributed by atoms with Crippen LogP contribution in [-0.2, 0) is 4.79 Å². The molecule has 1 saturated carbocycles. The highest BCUT2D eigenvalue weighted by Crippen LogP contribution is 2.39. The van der Waals surface area contributed by atoms with Gasteiger partial charge in [-0.25, -0.2) is 4.98 Å². The van der Waals surface area contributed by atoms with Crippen LogP contribution in [0.3, 0.4) is 0 Å². The maximum absolute atomic E-state index is 11.9. The largest absolute Gasteiger partial charge is 0.360 e. The van der Waals surface area contributed by atoms with Gasteiger partial charge in [-0.15, -0.1) is 0 Å². The maximum atomic E-state index is 11.9. The van der Waals surface area contributed by atoms with Crippen LogP contribution in [0.5, 0.6) is 0 Å². The molecule has 0 saturated heterocycles. The van der Waals surface area contributed by atoms with E-state index in [9.17, 15) is 4.79 Å². The van der Waals surface area contributed by atoms with E-state index < -0.39 is 0 Å². The smallest absolute Gasteiger partial charge is 0.236 e.